The highest BCUT2D eigenvalue weighted by atomic mass is 19.3. The maximum Gasteiger partial charge on any atom is 0.268 e. The van der Waals surface area contributed by atoms with E-state index in [2.05, 4.69) is 20.9 Å². The minimum atomic E-state index is -2.50. The summed E-state index contributed by atoms with van der Waals surface area (Å²) in [6.45, 7) is 0.877. The molecule has 2 unspecified atom stereocenters. The normalized spacial score (nSPS) is 16.2. The number of Topliss-reactive ketones (excluding diaryl/α,β-unsaturated/α-hetero) is 1. The SMILES string of the molecule is CC(C)(F)F.O=C(CNC(=O)c1cc2cc(F)cc(F)c2[nH]1)NC(CC1CCNC1=O)C(=O)CO. The van der Waals surface area contributed by atoms with Crippen LogP contribution in [0.15, 0.2) is 18.2 Å². The van der Waals surface area contributed by atoms with Crippen LogP contribution in [0.25, 0.3) is 10.9 Å². The molecule has 9 nitrogen and oxygen atoms in total. The van der Waals surface area contributed by atoms with Crippen LogP contribution in [0.3, 0.4) is 0 Å². The number of ketones is 1. The van der Waals surface area contributed by atoms with Crippen molar-refractivity contribution in [1.29, 1.82) is 0 Å². The van der Waals surface area contributed by atoms with E-state index < -0.39 is 60.3 Å². The third-order valence-electron chi connectivity index (χ3n) is 4.86. The lowest BCUT2D eigenvalue weighted by Gasteiger charge is -2.19. The molecule has 0 aliphatic carbocycles. The standard InChI is InChI=1S/C19H20F2N4O5.C3H6F2/c20-11-3-10-5-14(25-17(10)12(21)6-11)19(30)23-7-16(28)24-13(15(27)8-26)4-9-1-2-22-18(9)29;1-3(2,4)5/h3,5-6,9,13,25-26H,1-2,4,7-8H2,(H,22,29)(H,23,30)(H,24,28);1-2H3. The number of rotatable bonds is 8. The minimum absolute atomic E-state index is 0.0395. The molecule has 0 spiro atoms. The summed E-state index contributed by atoms with van der Waals surface area (Å²) in [4.78, 5) is 50.5. The Kier molecular flexibility index (Phi) is 9.34. The number of halogens is 4. The van der Waals surface area contributed by atoms with E-state index in [1.54, 1.807) is 0 Å². The van der Waals surface area contributed by atoms with Gasteiger partial charge in [0.15, 0.2) is 5.78 Å². The Morgan fingerprint density at radius 1 is 1.20 bits per heavy atom. The number of nitrogens with one attached hydrogen (secondary N) is 4. The van der Waals surface area contributed by atoms with E-state index in [0.29, 0.717) is 19.0 Å². The van der Waals surface area contributed by atoms with Crippen LogP contribution in [0.2, 0.25) is 0 Å². The molecule has 192 valence electrons. The number of carbonyl (C=O) groups excluding carboxylic acids is 4. The van der Waals surface area contributed by atoms with E-state index in [9.17, 15) is 36.7 Å². The quantitative estimate of drug-likeness (QED) is 0.347. The second-order valence-corrected chi connectivity index (χ2v) is 8.30. The van der Waals surface area contributed by atoms with E-state index >= 15 is 0 Å². The predicted octanol–water partition coefficient (Wildman–Crippen LogP) is 1.41. The van der Waals surface area contributed by atoms with Crippen molar-refractivity contribution in [2.75, 3.05) is 19.7 Å². The molecule has 1 fully saturated rings. The van der Waals surface area contributed by atoms with Crippen LogP contribution in [0.5, 0.6) is 0 Å². The lowest BCUT2D eigenvalue weighted by Crippen LogP contribution is -2.47. The molecule has 1 aliphatic rings. The highest BCUT2D eigenvalue weighted by molar-refractivity contribution is 6.00. The number of hydrogen-bond acceptors (Lipinski definition) is 5. The first-order valence-corrected chi connectivity index (χ1v) is 10.6. The highest BCUT2D eigenvalue weighted by Crippen LogP contribution is 2.20. The zero-order valence-electron chi connectivity index (χ0n) is 19.0. The maximum absolute atomic E-state index is 13.7. The van der Waals surface area contributed by atoms with Crippen LogP contribution in [-0.4, -0.2) is 65.3 Å². The van der Waals surface area contributed by atoms with E-state index in [0.717, 1.165) is 19.9 Å². The fourth-order valence-corrected chi connectivity index (χ4v) is 3.32. The lowest BCUT2D eigenvalue weighted by molar-refractivity contribution is -0.130. The van der Waals surface area contributed by atoms with Gasteiger partial charge in [-0.05, 0) is 38.8 Å². The molecule has 0 bridgehead atoms. The Balaban J connectivity index is 0.000000784. The van der Waals surface area contributed by atoms with Gasteiger partial charge in [0.05, 0.1) is 18.1 Å². The summed E-state index contributed by atoms with van der Waals surface area (Å²) in [5.41, 5.74) is -0.123. The minimum Gasteiger partial charge on any atom is -0.389 e. The molecule has 35 heavy (non-hydrogen) atoms. The molecule has 2 aromatic rings. The van der Waals surface area contributed by atoms with Crippen molar-refractivity contribution >= 4 is 34.4 Å². The second-order valence-electron chi connectivity index (χ2n) is 8.30. The number of alkyl halides is 2. The van der Waals surface area contributed by atoms with Gasteiger partial charge in [-0.15, -0.1) is 0 Å². The average Bonchev–Trinajstić information content (AvgIpc) is 3.36. The van der Waals surface area contributed by atoms with Crippen molar-refractivity contribution in [3.63, 3.8) is 0 Å². The lowest BCUT2D eigenvalue weighted by atomic mass is 9.96. The number of amides is 3. The summed E-state index contributed by atoms with van der Waals surface area (Å²) in [5.74, 6) is -6.92. The molecule has 1 saturated heterocycles. The Morgan fingerprint density at radius 3 is 2.43 bits per heavy atom. The van der Waals surface area contributed by atoms with Crippen molar-refractivity contribution in [3.8, 4) is 0 Å². The smallest absolute Gasteiger partial charge is 0.268 e. The Bertz CT molecular complexity index is 1090. The van der Waals surface area contributed by atoms with E-state index in [4.69, 9.17) is 5.11 Å². The topological polar surface area (TPSA) is 140 Å². The Morgan fingerprint density at radius 2 is 1.86 bits per heavy atom. The van der Waals surface area contributed by atoms with Gasteiger partial charge >= 0.3 is 0 Å². The molecule has 2 atom stereocenters. The maximum atomic E-state index is 13.7. The van der Waals surface area contributed by atoms with Gasteiger partial charge in [0.25, 0.3) is 5.91 Å². The molecular weight excluding hydrogens is 476 g/mol. The largest absolute Gasteiger partial charge is 0.389 e. The van der Waals surface area contributed by atoms with Crippen LogP contribution >= 0.6 is 0 Å². The molecule has 2 heterocycles. The van der Waals surface area contributed by atoms with Gasteiger partial charge in [-0.2, -0.15) is 0 Å². The van der Waals surface area contributed by atoms with Gasteiger partial charge in [-0.1, -0.05) is 0 Å². The number of H-pyrrole nitrogens is 1. The average molecular weight is 502 g/mol. The highest BCUT2D eigenvalue weighted by Gasteiger charge is 2.31. The molecular formula is C22H26F4N4O5. The molecule has 3 amide bonds. The number of aliphatic hydroxyl groups is 1. The van der Waals surface area contributed by atoms with Crippen LogP contribution in [0.4, 0.5) is 17.6 Å². The Hall–Kier alpha value is -3.48. The molecule has 13 heteroatoms. The van der Waals surface area contributed by atoms with E-state index in [-0.39, 0.29) is 28.9 Å². The monoisotopic (exact) mass is 502 g/mol. The number of benzene rings is 1. The van der Waals surface area contributed by atoms with Gasteiger partial charge in [0.1, 0.15) is 23.9 Å². The summed E-state index contributed by atoms with van der Waals surface area (Å²) in [7, 11) is 0. The summed E-state index contributed by atoms with van der Waals surface area (Å²) in [6.07, 6.45) is 0.552. The zero-order chi connectivity index (χ0) is 26.3. The molecule has 1 aromatic heterocycles. The van der Waals surface area contributed by atoms with E-state index in [1.165, 1.54) is 6.07 Å². The predicted molar refractivity (Wildman–Crippen MR) is 117 cm³/mol. The number of aliphatic hydroxyl groups excluding tert-OH is 1. The first-order chi connectivity index (χ1) is 16.3. The fourth-order valence-electron chi connectivity index (χ4n) is 3.32. The van der Waals surface area contributed by atoms with Crippen LogP contribution < -0.4 is 16.0 Å². The molecule has 3 rings (SSSR count). The third-order valence-corrected chi connectivity index (χ3v) is 4.86. The van der Waals surface area contributed by atoms with Gasteiger partial charge in [-0.25, -0.2) is 17.6 Å². The second kappa shape index (κ2) is 11.8. The zero-order valence-corrected chi connectivity index (χ0v) is 19.0. The van der Waals surface area contributed by atoms with Crippen molar-refractivity contribution in [2.45, 2.75) is 38.7 Å². The molecule has 0 saturated carbocycles. The molecule has 1 aromatic carbocycles. The van der Waals surface area contributed by atoms with Gasteiger partial charge < -0.3 is 26.0 Å². The van der Waals surface area contributed by atoms with Crippen LogP contribution in [0.1, 0.15) is 37.2 Å². The van der Waals surface area contributed by atoms with E-state index in [1.807, 2.05) is 0 Å². The summed E-state index contributed by atoms with van der Waals surface area (Å²) in [5, 5.41) is 16.6. The first kappa shape index (κ1) is 27.8. The number of aromatic amines is 1. The molecule has 0 radical (unpaired) electrons. The summed E-state index contributed by atoms with van der Waals surface area (Å²) in [6, 6.07) is 1.91. The van der Waals surface area contributed by atoms with Gasteiger partial charge in [0.2, 0.25) is 17.7 Å². The third kappa shape index (κ3) is 8.67. The fraction of sp³-hybridized carbons (Fsp3) is 0.455. The van der Waals surface area contributed by atoms with Crippen molar-refractivity contribution in [2.24, 2.45) is 5.92 Å². The van der Waals surface area contributed by atoms with Crippen LogP contribution in [0, 0.1) is 17.6 Å². The summed E-state index contributed by atoms with van der Waals surface area (Å²) >= 11 is 0. The van der Waals surface area contributed by atoms with Crippen molar-refractivity contribution in [3.05, 3.63) is 35.5 Å². The molecule has 5 N–H and O–H groups in total. The number of aromatic nitrogens is 1. The number of carbonyl (C=O) groups is 4. The Labute approximate surface area is 197 Å². The summed E-state index contributed by atoms with van der Waals surface area (Å²) < 4.78 is 49.0. The van der Waals surface area contributed by atoms with Crippen molar-refractivity contribution in [1.82, 2.24) is 20.9 Å². The van der Waals surface area contributed by atoms with Crippen molar-refractivity contribution < 1.29 is 41.8 Å². The van der Waals surface area contributed by atoms with Gasteiger partial charge in [-0.3, -0.25) is 19.2 Å². The molecule has 1 aliphatic heterocycles. The number of hydrogen-bond donors (Lipinski definition) is 5. The van der Waals surface area contributed by atoms with Crippen LogP contribution in [-0.2, 0) is 14.4 Å². The first-order valence-electron chi connectivity index (χ1n) is 10.6. The van der Waals surface area contributed by atoms with Gasteiger partial charge in [0, 0.05) is 23.9 Å². The number of fused-ring (bicyclic) bond motifs is 1.